The Kier molecular flexibility index (Phi) is 10.9. The van der Waals surface area contributed by atoms with Crippen molar-refractivity contribution in [1.82, 2.24) is 15.6 Å². The summed E-state index contributed by atoms with van der Waals surface area (Å²) >= 11 is 0. The number of allylic oxidation sites excluding steroid dienone is 1. The lowest BCUT2D eigenvalue weighted by atomic mass is 9.85. The predicted molar refractivity (Wildman–Crippen MR) is 172 cm³/mol. The van der Waals surface area contributed by atoms with Gasteiger partial charge in [0.25, 0.3) is 5.91 Å². The third-order valence-electron chi connectivity index (χ3n) is 7.24. The lowest BCUT2D eigenvalue weighted by Crippen LogP contribution is -2.42. The molecule has 0 bridgehead atoms. The molecule has 0 radical (unpaired) electrons. The van der Waals surface area contributed by atoms with E-state index in [0.717, 1.165) is 22.3 Å². The van der Waals surface area contributed by atoms with E-state index >= 15 is 0 Å². The van der Waals surface area contributed by atoms with Gasteiger partial charge in [-0.05, 0) is 60.7 Å². The molecule has 232 valence electrons. The molecule has 10 heteroatoms. The fourth-order valence-electron chi connectivity index (χ4n) is 4.74. The van der Waals surface area contributed by atoms with Crippen LogP contribution >= 0.6 is 0 Å². The quantitative estimate of drug-likeness (QED) is 0.176. The van der Waals surface area contributed by atoms with Crippen LogP contribution in [0.5, 0.6) is 0 Å². The van der Waals surface area contributed by atoms with Crippen molar-refractivity contribution in [3.63, 3.8) is 0 Å². The van der Waals surface area contributed by atoms with Crippen molar-refractivity contribution in [2.45, 2.75) is 59.3 Å². The largest absolute Gasteiger partial charge is 0.401 e. The van der Waals surface area contributed by atoms with Crippen molar-refractivity contribution in [3.05, 3.63) is 101 Å². The van der Waals surface area contributed by atoms with Gasteiger partial charge in [-0.15, -0.1) is 0 Å². The summed E-state index contributed by atoms with van der Waals surface area (Å²) in [6, 6.07) is 18.8. The number of rotatable bonds is 9. The Morgan fingerprint density at radius 2 is 1.80 bits per heavy atom. The Hall–Kier alpha value is -4.54. The number of hydrogen-bond acceptors (Lipinski definition) is 7. The first-order valence-electron chi connectivity index (χ1n) is 14.7. The highest BCUT2D eigenvalue weighted by molar-refractivity contribution is 6.05. The molecule has 10 nitrogen and oxygen atoms in total. The van der Waals surface area contributed by atoms with Gasteiger partial charge in [-0.3, -0.25) is 10.1 Å². The second-order valence-corrected chi connectivity index (χ2v) is 11.9. The number of aliphatic imine (C=N–C) groups is 1. The summed E-state index contributed by atoms with van der Waals surface area (Å²) in [4.78, 5) is 34.0. The van der Waals surface area contributed by atoms with Gasteiger partial charge in [0.05, 0.1) is 24.4 Å². The summed E-state index contributed by atoms with van der Waals surface area (Å²) < 4.78 is 11.2. The number of benzene rings is 2. The lowest BCUT2D eigenvalue weighted by molar-refractivity contribution is -0.119. The minimum atomic E-state index is -0.368. The van der Waals surface area contributed by atoms with Gasteiger partial charge in [0.2, 0.25) is 0 Å². The van der Waals surface area contributed by atoms with Crippen LogP contribution in [0.15, 0.2) is 83.6 Å². The fraction of sp³-hybridized carbons (Fsp3) is 0.353. The van der Waals surface area contributed by atoms with Crippen molar-refractivity contribution in [1.29, 1.82) is 0 Å². The summed E-state index contributed by atoms with van der Waals surface area (Å²) in [5.41, 5.74) is 11.4. The SMILES string of the molecule is COCC(=O)Nc1cc(CO[C@@H]2CC[C@H](NC(=O)NC(/C=C(\N)C(C)(C)C)=Nc3ccc(C)cc3)c3ccccc32)ccn1. The number of anilines is 1. The number of fused-ring (bicyclic) bond motifs is 1. The van der Waals surface area contributed by atoms with Crippen LogP contribution in [-0.2, 0) is 20.9 Å². The van der Waals surface area contributed by atoms with Crippen LogP contribution in [0, 0.1) is 12.3 Å². The fourth-order valence-corrected chi connectivity index (χ4v) is 4.74. The number of methoxy groups -OCH3 is 1. The summed E-state index contributed by atoms with van der Waals surface area (Å²) in [5, 5.41) is 8.75. The van der Waals surface area contributed by atoms with Gasteiger partial charge in [0.15, 0.2) is 0 Å². The molecule has 1 aromatic heterocycles. The Balaban J connectivity index is 1.45. The van der Waals surface area contributed by atoms with Crippen LogP contribution in [0.1, 0.15) is 68.0 Å². The van der Waals surface area contributed by atoms with Crippen LogP contribution in [-0.4, -0.2) is 36.5 Å². The minimum absolute atomic E-state index is 0.0446. The van der Waals surface area contributed by atoms with Crippen LogP contribution in [0.2, 0.25) is 0 Å². The van der Waals surface area contributed by atoms with E-state index in [4.69, 9.17) is 15.2 Å². The number of nitrogens with two attached hydrogens (primary N) is 1. The number of carbonyl (C=O) groups is 2. The van der Waals surface area contributed by atoms with Gasteiger partial charge in [-0.2, -0.15) is 0 Å². The minimum Gasteiger partial charge on any atom is -0.401 e. The number of hydrogen-bond donors (Lipinski definition) is 4. The molecule has 1 aliphatic rings. The van der Waals surface area contributed by atoms with Gasteiger partial charge < -0.3 is 25.8 Å². The van der Waals surface area contributed by atoms with Crippen molar-refractivity contribution in [2.75, 3.05) is 19.0 Å². The number of amidine groups is 1. The zero-order valence-corrected chi connectivity index (χ0v) is 26.0. The maximum absolute atomic E-state index is 13.3. The van der Waals surface area contributed by atoms with E-state index < -0.39 is 0 Å². The second-order valence-electron chi connectivity index (χ2n) is 11.9. The summed E-state index contributed by atoms with van der Waals surface area (Å²) in [5.74, 6) is 0.528. The molecule has 0 spiro atoms. The van der Waals surface area contributed by atoms with E-state index in [1.807, 2.05) is 82.3 Å². The second kappa shape index (κ2) is 14.8. The molecule has 0 saturated heterocycles. The number of aromatic nitrogens is 1. The molecule has 44 heavy (non-hydrogen) atoms. The molecular formula is C34H42N6O4. The van der Waals surface area contributed by atoms with Crippen molar-refractivity contribution in [3.8, 4) is 0 Å². The van der Waals surface area contributed by atoms with E-state index in [9.17, 15) is 9.59 Å². The van der Waals surface area contributed by atoms with Gasteiger partial charge in [0, 0.05) is 30.5 Å². The summed E-state index contributed by atoms with van der Waals surface area (Å²) in [6.45, 7) is 8.33. The number of carbonyl (C=O) groups excluding carboxylic acids is 2. The van der Waals surface area contributed by atoms with E-state index in [2.05, 4.69) is 25.9 Å². The topological polar surface area (TPSA) is 140 Å². The van der Waals surface area contributed by atoms with Crippen LogP contribution in [0.25, 0.3) is 0 Å². The third-order valence-corrected chi connectivity index (χ3v) is 7.24. The summed E-state index contributed by atoms with van der Waals surface area (Å²) in [7, 11) is 1.46. The highest BCUT2D eigenvalue weighted by Crippen LogP contribution is 2.38. The number of urea groups is 1. The van der Waals surface area contributed by atoms with E-state index in [-0.39, 0.29) is 36.1 Å². The Morgan fingerprint density at radius 3 is 2.50 bits per heavy atom. The molecule has 1 aliphatic carbocycles. The number of nitrogens with one attached hydrogen (secondary N) is 3. The smallest absolute Gasteiger partial charge is 0.320 e. The normalized spacial score (nSPS) is 17.0. The van der Waals surface area contributed by atoms with Crippen LogP contribution in [0.3, 0.4) is 0 Å². The maximum Gasteiger partial charge on any atom is 0.320 e. The number of aryl methyl sites for hydroxylation is 1. The average molecular weight is 599 g/mol. The monoisotopic (exact) mass is 598 g/mol. The predicted octanol–water partition coefficient (Wildman–Crippen LogP) is 5.99. The van der Waals surface area contributed by atoms with E-state index in [1.165, 1.54) is 7.11 Å². The van der Waals surface area contributed by atoms with Crippen molar-refractivity contribution in [2.24, 2.45) is 16.1 Å². The molecule has 1 heterocycles. The first kappa shape index (κ1) is 32.4. The number of ether oxygens (including phenoxy) is 2. The average Bonchev–Trinajstić information content (AvgIpc) is 2.97. The van der Waals surface area contributed by atoms with Gasteiger partial charge >= 0.3 is 6.03 Å². The molecule has 2 aromatic carbocycles. The lowest BCUT2D eigenvalue weighted by Gasteiger charge is -2.32. The van der Waals surface area contributed by atoms with Gasteiger partial charge in [0.1, 0.15) is 18.3 Å². The molecule has 0 saturated carbocycles. The molecule has 0 fully saturated rings. The number of amides is 3. The Labute approximate surface area is 259 Å². The van der Waals surface area contributed by atoms with Crippen LogP contribution in [0.4, 0.5) is 16.3 Å². The maximum atomic E-state index is 13.3. The molecule has 4 rings (SSSR count). The standard InChI is InChI=1S/C34H42N6O4/c1-22-10-12-24(13-11-22)37-31(19-29(35)34(2,3)4)40-33(42)38-27-14-15-28(26-9-7-6-8-25(26)27)44-20-23-16-17-36-30(18-23)39-32(41)21-43-5/h6-13,16-19,27-28H,14-15,20-21,35H2,1-5H3,(H,36,39,41)(H2,37,38,40,42)/b29-19-/t27-,28+/m0/s1. The molecule has 3 aromatic rings. The van der Waals surface area contributed by atoms with Gasteiger partial charge in [-0.25, -0.2) is 14.8 Å². The summed E-state index contributed by atoms with van der Waals surface area (Å²) in [6.07, 6.45) is 4.60. The Bertz CT molecular complexity index is 1510. The van der Waals surface area contributed by atoms with Crippen LogP contribution < -0.4 is 21.7 Å². The highest BCUT2D eigenvalue weighted by atomic mass is 16.5. The Morgan fingerprint density at radius 1 is 1.07 bits per heavy atom. The highest BCUT2D eigenvalue weighted by Gasteiger charge is 2.29. The van der Waals surface area contributed by atoms with E-state index in [1.54, 1.807) is 18.3 Å². The third kappa shape index (κ3) is 9.23. The molecule has 2 atom stereocenters. The first-order valence-corrected chi connectivity index (χ1v) is 14.7. The molecule has 0 unspecified atom stereocenters. The molecule has 5 N–H and O–H groups in total. The van der Waals surface area contributed by atoms with Crippen molar-refractivity contribution < 1.29 is 19.1 Å². The van der Waals surface area contributed by atoms with Crippen molar-refractivity contribution >= 4 is 29.3 Å². The zero-order chi connectivity index (χ0) is 31.7. The molecular weight excluding hydrogens is 556 g/mol. The number of pyridine rings is 1. The molecule has 0 aliphatic heterocycles. The first-order chi connectivity index (χ1) is 21.0. The molecule has 3 amide bonds. The van der Waals surface area contributed by atoms with E-state index in [0.29, 0.717) is 42.5 Å². The van der Waals surface area contributed by atoms with Gasteiger partial charge in [-0.1, -0.05) is 62.7 Å². The zero-order valence-electron chi connectivity index (χ0n) is 26.0. The number of nitrogens with zero attached hydrogens (tertiary/aromatic N) is 2.